The zero-order valence-corrected chi connectivity index (χ0v) is 16.4. The summed E-state index contributed by atoms with van der Waals surface area (Å²) in [5.74, 6) is 1.09. The lowest BCUT2D eigenvalue weighted by Gasteiger charge is -2.07. The number of nitrogen functional groups attached to an aromatic ring is 1. The van der Waals surface area contributed by atoms with Crippen molar-refractivity contribution in [2.24, 2.45) is 0 Å². The Balaban J connectivity index is 1.32. The highest BCUT2D eigenvalue weighted by molar-refractivity contribution is 5.94. The number of Topliss-reactive ketones (excluding diaryl/α,β-unsaturated/α-hetero) is 1. The lowest BCUT2D eigenvalue weighted by molar-refractivity contribution is -0.116. The average Bonchev–Trinajstić information content (AvgIpc) is 3.23. The Morgan fingerprint density at radius 3 is 2.24 bits per heavy atom. The van der Waals surface area contributed by atoms with Crippen molar-refractivity contribution in [1.29, 1.82) is 0 Å². The van der Waals surface area contributed by atoms with Crippen molar-refractivity contribution in [3.63, 3.8) is 0 Å². The molecule has 3 aromatic rings. The van der Waals surface area contributed by atoms with Crippen LogP contribution in [0.3, 0.4) is 0 Å². The summed E-state index contributed by atoms with van der Waals surface area (Å²) in [5, 5.41) is 2.83. The van der Waals surface area contributed by atoms with E-state index in [2.05, 4.69) is 5.32 Å². The van der Waals surface area contributed by atoms with Gasteiger partial charge in [0, 0.05) is 18.4 Å². The summed E-state index contributed by atoms with van der Waals surface area (Å²) < 4.78 is 5.69. The van der Waals surface area contributed by atoms with E-state index in [1.165, 1.54) is 0 Å². The van der Waals surface area contributed by atoms with Crippen LogP contribution in [-0.2, 0) is 4.79 Å². The van der Waals surface area contributed by atoms with Gasteiger partial charge in [0.15, 0.2) is 11.5 Å². The molecule has 5 heteroatoms. The van der Waals surface area contributed by atoms with Gasteiger partial charge in [-0.15, -0.1) is 0 Å². The molecule has 0 fully saturated rings. The maximum absolute atomic E-state index is 12.3. The molecule has 0 aliphatic carbocycles. The van der Waals surface area contributed by atoms with Gasteiger partial charge in [0.25, 0.3) is 0 Å². The van der Waals surface area contributed by atoms with Gasteiger partial charge in [0.05, 0.1) is 11.4 Å². The smallest absolute Gasteiger partial charge is 0.224 e. The van der Waals surface area contributed by atoms with Crippen LogP contribution in [0.5, 0.6) is 0 Å². The summed E-state index contributed by atoms with van der Waals surface area (Å²) in [6.07, 6.45) is 4.27. The molecule has 0 spiro atoms. The maximum atomic E-state index is 12.3. The summed E-state index contributed by atoms with van der Waals surface area (Å²) in [6.45, 7) is 0. The second kappa shape index (κ2) is 10.3. The third kappa shape index (κ3) is 6.07. The first-order chi connectivity index (χ1) is 14.1. The van der Waals surface area contributed by atoms with E-state index >= 15 is 0 Å². The lowest BCUT2D eigenvalue weighted by atomic mass is 10.1. The van der Waals surface area contributed by atoms with Gasteiger partial charge in [0.1, 0.15) is 5.76 Å². The van der Waals surface area contributed by atoms with Crippen molar-refractivity contribution in [2.75, 3.05) is 11.1 Å². The van der Waals surface area contributed by atoms with E-state index in [1.54, 1.807) is 18.2 Å². The molecule has 0 radical (unpaired) electrons. The van der Waals surface area contributed by atoms with E-state index in [1.807, 2.05) is 48.5 Å². The summed E-state index contributed by atoms with van der Waals surface area (Å²) in [6, 6.07) is 20.5. The number of ketones is 1. The van der Waals surface area contributed by atoms with Gasteiger partial charge in [-0.2, -0.15) is 0 Å². The zero-order chi connectivity index (χ0) is 20.5. The Labute approximate surface area is 170 Å². The molecular formula is C24H26N2O3. The number of anilines is 2. The molecule has 0 saturated heterocycles. The van der Waals surface area contributed by atoms with Crippen LogP contribution in [0, 0.1) is 0 Å². The van der Waals surface area contributed by atoms with E-state index in [0.717, 1.165) is 31.2 Å². The Morgan fingerprint density at radius 2 is 1.48 bits per heavy atom. The van der Waals surface area contributed by atoms with Gasteiger partial charge in [-0.25, -0.2) is 0 Å². The molecule has 3 N–H and O–H groups in total. The van der Waals surface area contributed by atoms with Crippen LogP contribution >= 0.6 is 0 Å². The molecule has 0 aliphatic rings. The molecule has 0 bridgehead atoms. The fourth-order valence-corrected chi connectivity index (χ4v) is 3.12. The predicted octanol–water partition coefficient (Wildman–Crippen LogP) is 5.69. The summed E-state index contributed by atoms with van der Waals surface area (Å²) in [5.41, 5.74) is 7.99. The quantitative estimate of drug-likeness (QED) is 0.264. The molecule has 0 aliphatic heterocycles. The zero-order valence-electron chi connectivity index (χ0n) is 16.4. The Bertz CT molecular complexity index is 948. The number of carbonyl (C=O) groups is 2. The number of nitrogens with two attached hydrogens (primary N) is 1. The molecule has 2 aromatic carbocycles. The van der Waals surface area contributed by atoms with Crippen LogP contribution in [0.1, 0.15) is 49.1 Å². The number of rotatable bonds is 10. The van der Waals surface area contributed by atoms with E-state index in [4.69, 9.17) is 10.2 Å². The predicted molar refractivity (Wildman–Crippen MR) is 116 cm³/mol. The molecule has 0 saturated carbocycles. The highest BCUT2D eigenvalue weighted by Crippen LogP contribution is 2.23. The van der Waals surface area contributed by atoms with Crippen LogP contribution in [0.15, 0.2) is 71.1 Å². The van der Waals surface area contributed by atoms with E-state index in [0.29, 0.717) is 35.7 Å². The molecule has 1 amide bonds. The first-order valence-corrected chi connectivity index (χ1v) is 9.96. The second-order valence-electron chi connectivity index (χ2n) is 7.00. The largest absolute Gasteiger partial charge is 0.453 e. The number of nitrogens with one attached hydrogen (secondary N) is 1. The van der Waals surface area contributed by atoms with Gasteiger partial charge in [-0.05, 0) is 37.1 Å². The summed E-state index contributed by atoms with van der Waals surface area (Å²) in [4.78, 5) is 24.3. The fraction of sp³-hybridized carbons (Fsp3) is 0.250. The second-order valence-corrected chi connectivity index (χ2v) is 7.00. The van der Waals surface area contributed by atoms with Gasteiger partial charge in [-0.1, -0.05) is 55.3 Å². The van der Waals surface area contributed by atoms with Crippen molar-refractivity contribution in [2.45, 2.75) is 38.5 Å². The Morgan fingerprint density at radius 1 is 0.793 bits per heavy atom. The minimum absolute atomic E-state index is 0.0180. The lowest BCUT2D eigenvalue weighted by Crippen LogP contribution is -2.12. The van der Waals surface area contributed by atoms with Crippen molar-refractivity contribution >= 4 is 23.1 Å². The third-order valence-electron chi connectivity index (χ3n) is 4.73. The first-order valence-electron chi connectivity index (χ1n) is 9.96. The minimum atomic E-state index is -0.0389. The SMILES string of the molecule is Nc1ccccc1NC(=O)CCCCCCC(=O)c1ccc(-c2ccccc2)o1. The standard InChI is InChI=1S/C24H26N2O3/c25-19-12-8-9-13-20(19)26-24(28)15-7-2-1-6-14-21(27)23-17-16-22(29-23)18-10-4-3-5-11-18/h3-5,8-13,16-17H,1-2,6-7,14-15,25H2,(H,26,28). The molecule has 1 aromatic heterocycles. The molecular weight excluding hydrogens is 364 g/mol. The van der Waals surface area contributed by atoms with E-state index < -0.39 is 0 Å². The highest BCUT2D eigenvalue weighted by atomic mass is 16.3. The molecule has 3 rings (SSSR count). The number of benzene rings is 2. The number of para-hydroxylation sites is 2. The molecule has 29 heavy (non-hydrogen) atoms. The number of furan rings is 1. The van der Waals surface area contributed by atoms with Crippen molar-refractivity contribution < 1.29 is 14.0 Å². The van der Waals surface area contributed by atoms with E-state index in [9.17, 15) is 9.59 Å². The van der Waals surface area contributed by atoms with Gasteiger partial charge < -0.3 is 15.5 Å². The third-order valence-corrected chi connectivity index (χ3v) is 4.73. The molecule has 0 atom stereocenters. The van der Waals surface area contributed by atoms with Crippen LogP contribution in [-0.4, -0.2) is 11.7 Å². The van der Waals surface area contributed by atoms with Gasteiger partial charge >= 0.3 is 0 Å². The highest BCUT2D eigenvalue weighted by Gasteiger charge is 2.12. The van der Waals surface area contributed by atoms with Crippen LogP contribution in [0.4, 0.5) is 11.4 Å². The van der Waals surface area contributed by atoms with E-state index in [-0.39, 0.29) is 11.7 Å². The monoisotopic (exact) mass is 390 g/mol. The fourth-order valence-electron chi connectivity index (χ4n) is 3.12. The normalized spacial score (nSPS) is 10.6. The van der Waals surface area contributed by atoms with Gasteiger partial charge in [0.2, 0.25) is 5.91 Å². The number of carbonyl (C=O) groups excluding carboxylic acids is 2. The van der Waals surface area contributed by atoms with Crippen LogP contribution in [0.25, 0.3) is 11.3 Å². The van der Waals surface area contributed by atoms with Crippen molar-refractivity contribution in [3.05, 3.63) is 72.5 Å². The number of hydrogen-bond acceptors (Lipinski definition) is 4. The first kappa shape index (κ1) is 20.4. The Hall–Kier alpha value is -3.34. The molecule has 1 heterocycles. The van der Waals surface area contributed by atoms with Crippen LogP contribution < -0.4 is 11.1 Å². The number of unbranched alkanes of at least 4 members (excludes halogenated alkanes) is 3. The summed E-state index contributed by atoms with van der Waals surface area (Å²) >= 11 is 0. The average molecular weight is 390 g/mol. The topological polar surface area (TPSA) is 85.3 Å². The minimum Gasteiger partial charge on any atom is -0.453 e. The number of hydrogen-bond donors (Lipinski definition) is 2. The molecule has 5 nitrogen and oxygen atoms in total. The van der Waals surface area contributed by atoms with Crippen molar-refractivity contribution in [1.82, 2.24) is 0 Å². The number of amides is 1. The Kier molecular flexibility index (Phi) is 7.22. The summed E-state index contributed by atoms with van der Waals surface area (Å²) in [7, 11) is 0. The van der Waals surface area contributed by atoms with Crippen molar-refractivity contribution in [3.8, 4) is 11.3 Å². The van der Waals surface area contributed by atoms with Crippen LogP contribution in [0.2, 0.25) is 0 Å². The molecule has 0 unspecified atom stereocenters. The van der Waals surface area contributed by atoms with Gasteiger partial charge in [-0.3, -0.25) is 9.59 Å². The molecule has 150 valence electrons. The maximum Gasteiger partial charge on any atom is 0.224 e.